The van der Waals surface area contributed by atoms with Crippen LogP contribution in [0.15, 0.2) is 67.0 Å². The molecule has 26 heavy (non-hydrogen) atoms. The molecule has 0 aliphatic heterocycles. The van der Waals surface area contributed by atoms with Gasteiger partial charge in [0, 0.05) is 18.9 Å². The van der Waals surface area contributed by atoms with Crippen molar-refractivity contribution in [3.05, 3.63) is 78.1 Å². The van der Waals surface area contributed by atoms with E-state index in [-0.39, 0.29) is 18.2 Å². The number of nitrogens with one attached hydrogen (secondary N) is 2. The Morgan fingerprint density at radius 1 is 0.923 bits per heavy atom. The molecule has 1 aromatic heterocycles. The van der Waals surface area contributed by atoms with Crippen molar-refractivity contribution in [2.75, 3.05) is 12.4 Å². The second-order valence-electron chi connectivity index (χ2n) is 5.90. The van der Waals surface area contributed by atoms with Crippen LogP contribution >= 0.6 is 0 Å². The lowest BCUT2D eigenvalue weighted by Gasteiger charge is -2.06. The van der Waals surface area contributed by atoms with E-state index in [4.69, 9.17) is 0 Å². The molecular weight excluding hydrogens is 328 g/mol. The number of benzene rings is 2. The third kappa shape index (κ3) is 4.57. The van der Waals surface area contributed by atoms with E-state index >= 15 is 0 Å². The predicted octanol–water partition coefficient (Wildman–Crippen LogP) is 2.34. The molecule has 0 fully saturated rings. The Morgan fingerprint density at radius 3 is 2.31 bits per heavy atom. The van der Waals surface area contributed by atoms with E-state index in [1.165, 1.54) is 0 Å². The largest absolute Gasteiger partial charge is 0.359 e. The van der Waals surface area contributed by atoms with Crippen LogP contribution in [0.3, 0.4) is 0 Å². The van der Waals surface area contributed by atoms with Crippen molar-refractivity contribution < 1.29 is 9.59 Å². The monoisotopic (exact) mass is 348 g/mol. The van der Waals surface area contributed by atoms with Gasteiger partial charge in [0.2, 0.25) is 11.8 Å². The molecule has 2 aromatic carbocycles. The van der Waals surface area contributed by atoms with Crippen LogP contribution in [0.4, 0.5) is 5.69 Å². The fourth-order valence-corrected chi connectivity index (χ4v) is 2.54. The lowest BCUT2D eigenvalue weighted by atomic mass is 10.1. The molecular formula is C20H20N4O2. The number of hydrogen-bond donors (Lipinski definition) is 2. The molecule has 0 aliphatic rings. The molecule has 3 rings (SSSR count). The predicted molar refractivity (Wildman–Crippen MR) is 100 cm³/mol. The summed E-state index contributed by atoms with van der Waals surface area (Å²) in [5, 5.41) is 9.73. The smallest absolute Gasteiger partial charge is 0.228 e. The average Bonchev–Trinajstić information content (AvgIpc) is 3.12. The second-order valence-corrected chi connectivity index (χ2v) is 5.90. The van der Waals surface area contributed by atoms with Crippen LogP contribution in [0.5, 0.6) is 0 Å². The Hall–Kier alpha value is -3.41. The Labute approximate surface area is 151 Å². The van der Waals surface area contributed by atoms with Gasteiger partial charge < -0.3 is 10.6 Å². The van der Waals surface area contributed by atoms with Gasteiger partial charge in [-0.2, -0.15) is 5.10 Å². The van der Waals surface area contributed by atoms with Crippen molar-refractivity contribution in [2.24, 2.45) is 0 Å². The number of para-hydroxylation sites is 1. The summed E-state index contributed by atoms with van der Waals surface area (Å²) in [6.45, 7) is 0. The maximum Gasteiger partial charge on any atom is 0.228 e. The van der Waals surface area contributed by atoms with Gasteiger partial charge in [-0.05, 0) is 35.4 Å². The molecule has 0 saturated carbocycles. The van der Waals surface area contributed by atoms with Crippen LogP contribution in [-0.2, 0) is 22.4 Å². The lowest BCUT2D eigenvalue weighted by molar-refractivity contribution is -0.120. The van der Waals surface area contributed by atoms with E-state index in [9.17, 15) is 9.59 Å². The zero-order chi connectivity index (χ0) is 18.4. The van der Waals surface area contributed by atoms with Gasteiger partial charge in [-0.15, -0.1) is 0 Å². The Bertz CT molecular complexity index is 886. The SMILES string of the molecule is CNC(=O)Cc1ccc(NC(=O)Cc2cnn(-c3ccccc3)c2)cc1. The number of carbonyl (C=O) groups excluding carboxylic acids is 2. The van der Waals surface area contributed by atoms with Crippen molar-refractivity contribution >= 4 is 17.5 Å². The fourth-order valence-electron chi connectivity index (χ4n) is 2.54. The van der Waals surface area contributed by atoms with Gasteiger partial charge in [0.15, 0.2) is 0 Å². The fraction of sp³-hybridized carbons (Fsp3) is 0.150. The maximum atomic E-state index is 12.2. The Kier molecular flexibility index (Phi) is 5.43. The van der Waals surface area contributed by atoms with Crippen molar-refractivity contribution in [3.8, 4) is 5.69 Å². The number of amides is 2. The molecule has 0 radical (unpaired) electrons. The molecule has 1 heterocycles. The molecule has 132 valence electrons. The summed E-state index contributed by atoms with van der Waals surface area (Å²) >= 11 is 0. The van der Waals surface area contributed by atoms with E-state index in [0.717, 1.165) is 16.8 Å². The summed E-state index contributed by atoms with van der Waals surface area (Å²) < 4.78 is 1.75. The van der Waals surface area contributed by atoms with E-state index < -0.39 is 0 Å². The molecule has 3 aromatic rings. The first-order valence-corrected chi connectivity index (χ1v) is 8.32. The standard InChI is InChI=1S/C20H20N4O2/c1-21-19(25)11-15-7-9-17(10-8-15)23-20(26)12-16-13-22-24(14-16)18-5-3-2-4-6-18/h2-10,13-14H,11-12H2,1H3,(H,21,25)(H,23,26). The number of anilines is 1. The maximum absolute atomic E-state index is 12.2. The molecule has 2 N–H and O–H groups in total. The van der Waals surface area contributed by atoms with Crippen molar-refractivity contribution in [2.45, 2.75) is 12.8 Å². The zero-order valence-electron chi connectivity index (χ0n) is 14.5. The lowest BCUT2D eigenvalue weighted by Crippen LogP contribution is -2.20. The highest BCUT2D eigenvalue weighted by atomic mass is 16.2. The number of nitrogens with zero attached hydrogens (tertiary/aromatic N) is 2. The topological polar surface area (TPSA) is 76.0 Å². The number of aromatic nitrogens is 2. The van der Waals surface area contributed by atoms with Gasteiger partial charge in [-0.25, -0.2) is 4.68 Å². The number of hydrogen-bond acceptors (Lipinski definition) is 3. The summed E-state index contributed by atoms with van der Waals surface area (Å²) in [6, 6.07) is 17.0. The normalized spacial score (nSPS) is 10.3. The minimum Gasteiger partial charge on any atom is -0.359 e. The molecule has 0 atom stereocenters. The average molecular weight is 348 g/mol. The molecule has 6 nitrogen and oxygen atoms in total. The van der Waals surface area contributed by atoms with Gasteiger partial charge >= 0.3 is 0 Å². The molecule has 0 spiro atoms. The molecule has 0 unspecified atom stereocenters. The third-order valence-corrected chi connectivity index (χ3v) is 3.90. The summed E-state index contributed by atoms with van der Waals surface area (Å²) in [7, 11) is 1.61. The van der Waals surface area contributed by atoms with Crippen molar-refractivity contribution in [1.82, 2.24) is 15.1 Å². The number of rotatable bonds is 6. The molecule has 2 amide bonds. The highest BCUT2D eigenvalue weighted by molar-refractivity contribution is 5.92. The van der Waals surface area contributed by atoms with E-state index in [1.54, 1.807) is 30.1 Å². The highest BCUT2D eigenvalue weighted by Crippen LogP contribution is 2.12. The van der Waals surface area contributed by atoms with Gasteiger partial charge in [0.05, 0.1) is 24.7 Å². The van der Waals surface area contributed by atoms with Crippen LogP contribution in [0.2, 0.25) is 0 Å². The van der Waals surface area contributed by atoms with Gasteiger partial charge in [0.1, 0.15) is 0 Å². The first kappa shape index (κ1) is 17.4. The van der Waals surface area contributed by atoms with Gasteiger partial charge in [0.25, 0.3) is 0 Å². The van der Waals surface area contributed by atoms with Crippen molar-refractivity contribution in [3.63, 3.8) is 0 Å². The Morgan fingerprint density at radius 2 is 1.62 bits per heavy atom. The minimum atomic E-state index is -0.114. The summed E-state index contributed by atoms with van der Waals surface area (Å²) in [4.78, 5) is 23.6. The number of carbonyl (C=O) groups is 2. The summed E-state index contributed by atoms with van der Waals surface area (Å²) in [5.41, 5.74) is 3.38. The molecule has 0 aliphatic carbocycles. The Balaban J connectivity index is 1.57. The molecule has 0 bridgehead atoms. The van der Waals surface area contributed by atoms with E-state index in [0.29, 0.717) is 12.1 Å². The van der Waals surface area contributed by atoms with Crippen LogP contribution in [0.25, 0.3) is 5.69 Å². The van der Waals surface area contributed by atoms with E-state index in [2.05, 4.69) is 15.7 Å². The van der Waals surface area contributed by atoms with Crippen molar-refractivity contribution in [1.29, 1.82) is 0 Å². The van der Waals surface area contributed by atoms with Crippen LogP contribution < -0.4 is 10.6 Å². The highest BCUT2D eigenvalue weighted by Gasteiger charge is 2.08. The minimum absolute atomic E-state index is 0.0442. The van der Waals surface area contributed by atoms with Crippen LogP contribution in [-0.4, -0.2) is 28.6 Å². The van der Waals surface area contributed by atoms with Crippen LogP contribution in [0.1, 0.15) is 11.1 Å². The quantitative estimate of drug-likeness (QED) is 0.718. The summed E-state index contributed by atoms with van der Waals surface area (Å²) in [6.07, 6.45) is 4.11. The number of likely N-dealkylation sites (N-methyl/N-ethyl adjacent to an activating group) is 1. The molecule has 0 saturated heterocycles. The second kappa shape index (κ2) is 8.11. The molecule has 6 heteroatoms. The van der Waals surface area contributed by atoms with Gasteiger partial charge in [-0.1, -0.05) is 30.3 Å². The first-order valence-electron chi connectivity index (χ1n) is 8.32. The van der Waals surface area contributed by atoms with Gasteiger partial charge in [-0.3, -0.25) is 9.59 Å². The zero-order valence-corrected chi connectivity index (χ0v) is 14.5. The summed E-state index contributed by atoms with van der Waals surface area (Å²) in [5.74, 6) is -0.158. The van der Waals surface area contributed by atoms with Crippen LogP contribution in [0, 0.1) is 0 Å². The van der Waals surface area contributed by atoms with E-state index in [1.807, 2.05) is 48.7 Å². The third-order valence-electron chi connectivity index (χ3n) is 3.90. The first-order chi connectivity index (χ1) is 12.6.